The molecule has 0 amide bonds. The maximum Gasteiger partial charge on any atom is 0.309 e. The van der Waals surface area contributed by atoms with Crippen LogP contribution in [0.3, 0.4) is 0 Å². The van der Waals surface area contributed by atoms with Crippen molar-refractivity contribution in [1.82, 2.24) is 0 Å². The Morgan fingerprint density at radius 3 is 2.61 bits per heavy atom. The van der Waals surface area contributed by atoms with Gasteiger partial charge in [-0.3, -0.25) is 9.35 Å². The fourth-order valence-electron chi connectivity index (χ4n) is 2.72. The second-order valence-corrected chi connectivity index (χ2v) is 6.62. The molecule has 1 saturated carbocycles. The molecule has 18 heavy (non-hydrogen) atoms. The second-order valence-electron chi connectivity index (χ2n) is 5.05. The van der Waals surface area contributed by atoms with Crippen LogP contribution in [0, 0.1) is 17.8 Å². The van der Waals surface area contributed by atoms with Crippen LogP contribution >= 0.6 is 0 Å². The smallest absolute Gasteiger partial charge is 0.309 e. The summed E-state index contributed by atoms with van der Waals surface area (Å²) in [6.45, 7) is 0.228. The van der Waals surface area contributed by atoms with E-state index in [1.54, 1.807) is 0 Å². The van der Waals surface area contributed by atoms with Crippen molar-refractivity contribution in [2.24, 2.45) is 17.8 Å². The van der Waals surface area contributed by atoms with E-state index in [0.29, 0.717) is 24.7 Å². The molecular weight excluding hydrogens is 256 g/mol. The molecular formula is C12H18O5S. The zero-order chi connectivity index (χ0) is 13.2. The first-order chi connectivity index (χ1) is 8.46. The number of unbranched alkanes of at least 4 members (excludes halogenated alkanes) is 1. The minimum atomic E-state index is -3.90. The minimum Gasteiger partial charge on any atom is -0.465 e. The van der Waals surface area contributed by atoms with E-state index in [-0.39, 0.29) is 24.2 Å². The lowest BCUT2D eigenvalue weighted by Gasteiger charge is -2.16. The van der Waals surface area contributed by atoms with Gasteiger partial charge in [0.05, 0.1) is 18.3 Å². The molecule has 0 aromatic heterocycles. The Morgan fingerprint density at radius 2 is 2.06 bits per heavy atom. The minimum absolute atomic E-state index is 0.0124. The lowest BCUT2D eigenvalue weighted by Crippen LogP contribution is -2.22. The number of ether oxygens (including phenoxy) is 1. The van der Waals surface area contributed by atoms with E-state index in [1.165, 1.54) is 0 Å². The predicted molar refractivity (Wildman–Crippen MR) is 65.5 cm³/mol. The molecule has 0 saturated heterocycles. The number of hydrogen-bond donors (Lipinski definition) is 1. The summed E-state index contributed by atoms with van der Waals surface area (Å²) in [6, 6.07) is 0. The summed E-state index contributed by atoms with van der Waals surface area (Å²) in [5, 5.41) is 0. The van der Waals surface area contributed by atoms with Gasteiger partial charge in [0.1, 0.15) is 0 Å². The summed E-state index contributed by atoms with van der Waals surface area (Å²) >= 11 is 0. The van der Waals surface area contributed by atoms with Gasteiger partial charge in [0, 0.05) is 0 Å². The molecule has 6 heteroatoms. The first-order valence-electron chi connectivity index (χ1n) is 6.26. The molecule has 102 valence electrons. The molecule has 0 heterocycles. The van der Waals surface area contributed by atoms with Crippen molar-refractivity contribution in [2.45, 2.75) is 25.7 Å². The van der Waals surface area contributed by atoms with Gasteiger partial charge >= 0.3 is 5.97 Å². The van der Waals surface area contributed by atoms with Crippen molar-refractivity contribution in [3.8, 4) is 0 Å². The number of carbonyl (C=O) groups is 1. The van der Waals surface area contributed by atoms with Crippen LogP contribution in [0.15, 0.2) is 12.2 Å². The Morgan fingerprint density at radius 1 is 1.28 bits per heavy atom. The SMILES string of the molecule is O=C(OCCCCS(=O)(=O)O)C1CC2C=CC1C2. The van der Waals surface area contributed by atoms with E-state index in [1.807, 2.05) is 0 Å². The number of rotatable bonds is 6. The second kappa shape index (κ2) is 5.40. The van der Waals surface area contributed by atoms with E-state index < -0.39 is 10.1 Å². The highest BCUT2D eigenvalue weighted by atomic mass is 32.2. The van der Waals surface area contributed by atoms with Crippen molar-refractivity contribution >= 4 is 16.1 Å². The highest BCUT2D eigenvalue weighted by Gasteiger charge is 2.40. The molecule has 0 aromatic rings. The Kier molecular flexibility index (Phi) is 4.07. The van der Waals surface area contributed by atoms with Crippen LogP contribution in [-0.2, 0) is 19.6 Å². The van der Waals surface area contributed by atoms with Gasteiger partial charge in [-0.05, 0) is 37.5 Å². The van der Waals surface area contributed by atoms with E-state index in [4.69, 9.17) is 9.29 Å². The van der Waals surface area contributed by atoms with Gasteiger partial charge < -0.3 is 4.74 Å². The molecule has 0 radical (unpaired) electrons. The van der Waals surface area contributed by atoms with E-state index in [0.717, 1.165) is 12.8 Å². The van der Waals surface area contributed by atoms with Gasteiger partial charge in [0.15, 0.2) is 0 Å². The predicted octanol–water partition coefficient (Wildman–Crippen LogP) is 1.41. The highest BCUT2D eigenvalue weighted by molar-refractivity contribution is 7.85. The fraction of sp³-hybridized carbons (Fsp3) is 0.750. The number of hydrogen-bond acceptors (Lipinski definition) is 4. The largest absolute Gasteiger partial charge is 0.465 e. The van der Waals surface area contributed by atoms with Gasteiger partial charge in [-0.15, -0.1) is 0 Å². The lowest BCUT2D eigenvalue weighted by atomic mass is 9.94. The van der Waals surface area contributed by atoms with E-state index in [2.05, 4.69) is 12.2 Å². The molecule has 2 aliphatic rings. The summed E-state index contributed by atoms with van der Waals surface area (Å²) in [4.78, 5) is 11.8. The zero-order valence-corrected chi connectivity index (χ0v) is 10.9. The molecule has 1 fully saturated rings. The molecule has 0 aromatic carbocycles. The maximum atomic E-state index is 11.8. The topological polar surface area (TPSA) is 80.7 Å². The van der Waals surface area contributed by atoms with Gasteiger partial charge in [-0.2, -0.15) is 8.42 Å². The number of allylic oxidation sites excluding steroid dienone is 2. The number of fused-ring (bicyclic) bond motifs is 2. The monoisotopic (exact) mass is 274 g/mol. The lowest BCUT2D eigenvalue weighted by molar-refractivity contribution is -0.149. The van der Waals surface area contributed by atoms with Crippen LogP contribution in [-0.4, -0.2) is 31.3 Å². The average molecular weight is 274 g/mol. The van der Waals surface area contributed by atoms with Crippen LogP contribution in [0.1, 0.15) is 25.7 Å². The number of esters is 1. The van der Waals surface area contributed by atoms with Gasteiger partial charge in [-0.1, -0.05) is 12.2 Å². The first kappa shape index (κ1) is 13.5. The van der Waals surface area contributed by atoms with Crippen molar-refractivity contribution < 1.29 is 22.5 Å². The summed E-state index contributed by atoms with van der Waals surface area (Å²) in [5.41, 5.74) is 0. The quantitative estimate of drug-likeness (QED) is 0.343. The molecule has 5 nitrogen and oxygen atoms in total. The van der Waals surface area contributed by atoms with Gasteiger partial charge in [-0.25, -0.2) is 0 Å². The molecule has 0 aliphatic heterocycles. The molecule has 0 spiro atoms. The van der Waals surface area contributed by atoms with Crippen molar-refractivity contribution in [3.05, 3.63) is 12.2 Å². The molecule has 2 aliphatic carbocycles. The Balaban J connectivity index is 1.63. The van der Waals surface area contributed by atoms with Crippen LogP contribution in [0.25, 0.3) is 0 Å². The molecule has 3 unspecified atom stereocenters. The van der Waals surface area contributed by atoms with Crippen LogP contribution < -0.4 is 0 Å². The van der Waals surface area contributed by atoms with E-state index in [9.17, 15) is 13.2 Å². The van der Waals surface area contributed by atoms with Crippen molar-refractivity contribution in [2.75, 3.05) is 12.4 Å². The molecule has 2 bridgehead atoms. The summed E-state index contributed by atoms with van der Waals surface area (Å²) in [5.74, 6) is 0.411. The highest BCUT2D eigenvalue weighted by Crippen LogP contribution is 2.43. The third kappa shape index (κ3) is 3.55. The van der Waals surface area contributed by atoms with Crippen molar-refractivity contribution in [1.29, 1.82) is 0 Å². The fourth-order valence-corrected chi connectivity index (χ4v) is 3.29. The van der Waals surface area contributed by atoms with Crippen molar-refractivity contribution in [3.63, 3.8) is 0 Å². The normalized spacial score (nSPS) is 29.7. The summed E-state index contributed by atoms with van der Waals surface area (Å²) in [7, 11) is -3.90. The Hall–Kier alpha value is -0.880. The van der Waals surface area contributed by atoms with Crippen LogP contribution in [0.4, 0.5) is 0 Å². The summed E-state index contributed by atoms with van der Waals surface area (Å²) < 4.78 is 34.6. The molecule has 1 N–H and O–H groups in total. The average Bonchev–Trinajstić information content (AvgIpc) is 2.88. The number of carbonyl (C=O) groups excluding carboxylic acids is 1. The standard InChI is InChI=1S/C12H18O5S/c13-12(11-8-9-3-4-10(11)7-9)17-5-1-2-6-18(14,15)16/h3-4,9-11H,1-2,5-8H2,(H,14,15,16). The Bertz CT molecular complexity index is 439. The van der Waals surface area contributed by atoms with Gasteiger partial charge in [0.2, 0.25) is 0 Å². The zero-order valence-electron chi connectivity index (χ0n) is 10.1. The summed E-state index contributed by atoms with van der Waals surface area (Å²) in [6.07, 6.45) is 6.97. The van der Waals surface area contributed by atoms with Gasteiger partial charge in [0.25, 0.3) is 10.1 Å². The third-order valence-electron chi connectivity index (χ3n) is 3.62. The molecule has 3 atom stereocenters. The van der Waals surface area contributed by atoms with Crippen LogP contribution in [0.2, 0.25) is 0 Å². The van der Waals surface area contributed by atoms with E-state index >= 15 is 0 Å². The third-order valence-corrected chi connectivity index (χ3v) is 4.43. The van der Waals surface area contributed by atoms with Crippen LogP contribution in [0.5, 0.6) is 0 Å². The molecule has 2 rings (SSSR count). The Labute approximate surface area is 107 Å². The maximum absolute atomic E-state index is 11.8. The first-order valence-corrected chi connectivity index (χ1v) is 7.87.